The van der Waals surface area contributed by atoms with E-state index in [4.69, 9.17) is 10.8 Å². The molecule has 0 aliphatic heterocycles. The van der Waals surface area contributed by atoms with E-state index >= 15 is 0 Å². The van der Waals surface area contributed by atoms with Gasteiger partial charge in [-0.15, -0.1) is 0 Å². The van der Waals surface area contributed by atoms with Crippen molar-refractivity contribution in [3.8, 4) is 0 Å². The molecule has 5 nitrogen and oxygen atoms in total. The molecule has 0 spiro atoms. The van der Waals surface area contributed by atoms with Crippen LogP contribution in [0.3, 0.4) is 0 Å². The molecule has 5 heteroatoms. The van der Waals surface area contributed by atoms with E-state index in [0.29, 0.717) is 6.42 Å². The molecule has 1 unspecified atom stereocenters. The van der Waals surface area contributed by atoms with Gasteiger partial charge in [0.05, 0.1) is 11.4 Å². The van der Waals surface area contributed by atoms with Gasteiger partial charge in [0.1, 0.15) is 0 Å². The van der Waals surface area contributed by atoms with Crippen molar-refractivity contribution in [1.29, 1.82) is 0 Å². The van der Waals surface area contributed by atoms with Crippen LogP contribution in [0.2, 0.25) is 0 Å². The smallest absolute Gasteiger partial charge is 0.303 e. The van der Waals surface area contributed by atoms with Crippen molar-refractivity contribution >= 4 is 5.97 Å². The number of hydrogen-bond donors (Lipinski definition) is 2. The monoisotopic (exact) mass is 237 g/mol. The van der Waals surface area contributed by atoms with E-state index in [2.05, 4.69) is 5.10 Å². The fourth-order valence-corrected chi connectivity index (χ4v) is 2.59. The number of aryl methyl sites for hydroxylation is 2. The van der Waals surface area contributed by atoms with Crippen molar-refractivity contribution < 1.29 is 9.90 Å². The van der Waals surface area contributed by atoms with Gasteiger partial charge in [0, 0.05) is 19.5 Å². The van der Waals surface area contributed by atoms with Crippen molar-refractivity contribution in [1.82, 2.24) is 9.78 Å². The fraction of sp³-hybridized carbons (Fsp3) is 0.667. The van der Waals surface area contributed by atoms with E-state index in [0.717, 1.165) is 24.2 Å². The summed E-state index contributed by atoms with van der Waals surface area (Å²) in [4.78, 5) is 10.6. The quantitative estimate of drug-likeness (QED) is 0.823. The third kappa shape index (κ3) is 2.49. The van der Waals surface area contributed by atoms with Crippen LogP contribution < -0.4 is 5.73 Å². The van der Waals surface area contributed by atoms with Crippen LogP contribution in [0.25, 0.3) is 0 Å². The summed E-state index contributed by atoms with van der Waals surface area (Å²) in [6.45, 7) is 0. The molecule has 0 saturated heterocycles. The lowest BCUT2D eigenvalue weighted by atomic mass is 9.93. The molecule has 2 rings (SSSR count). The summed E-state index contributed by atoms with van der Waals surface area (Å²) in [5.41, 5.74) is 9.53. The van der Waals surface area contributed by atoms with Gasteiger partial charge in [0.2, 0.25) is 0 Å². The van der Waals surface area contributed by atoms with Crippen LogP contribution in [-0.2, 0) is 24.7 Å². The lowest BCUT2D eigenvalue weighted by Crippen LogP contribution is -2.18. The summed E-state index contributed by atoms with van der Waals surface area (Å²) < 4.78 is 1.84. The Balaban J connectivity index is 2.19. The highest BCUT2D eigenvalue weighted by Crippen LogP contribution is 2.28. The van der Waals surface area contributed by atoms with Crippen molar-refractivity contribution in [2.75, 3.05) is 0 Å². The molecule has 0 fully saturated rings. The molecule has 0 bridgehead atoms. The summed E-state index contributed by atoms with van der Waals surface area (Å²) in [7, 11) is 1.90. The molecule has 1 aromatic rings. The van der Waals surface area contributed by atoms with Gasteiger partial charge in [-0.3, -0.25) is 9.48 Å². The van der Waals surface area contributed by atoms with Gasteiger partial charge in [-0.1, -0.05) is 0 Å². The first-order chi connectivity index (χ1) is 8.09. The Hall–Kier alpha value is -1.36. The highest BCUT2D eigenvalue weighted by Gasteiger charge is 2.23. The third-order valence-corrected chi connectivity index (χ3v) is 3.39. The Kier molecular flexibility index (Phi) is 3.47. The molecular formula is C12H19N3O2. The normalized spacial score (nSPS) is 16.6. The maximum atomic E-state index is 10.6. The van der Waals surface area contributed by atoms with Gasteiger partial charge in [-0.2, -0.15) is 5.10 Å². The molecule has 3 N–H and O–H groups in total. The molecule has 1 heterocycles. The summed E-state index contributed by atoms with van der Waals surface area (Å²) in [6, 6.07) is -0.217. The Morgan fingerprint density at radius 1 is 1.53 bits per heavy atom. The largest absolute Gasteiger partial charge is 0.481 e. The Morgan fingerprint density at radius 2 is 2.24 bits per heavy atom. The second-order valence-corrected chi connectivity index (χ2v) is 4.68. The average molecular weight is 237 g/mol. The Labute approximate surface area is 101 Å². The summed E-state index contributed by atoms with van der Waals surface area (Å²) >= 11 is 0. The van der Waals surface area contributed by atoms with Crippen LogP contribution in [0.15, 0.2) is 0 Å². The van der Waals surface area contributed by atoms with Gasteiger partial charge in [0.25, 0.3) is 0 Å². The van der Waals surface area contributed by atoms with E-state index in [1.165, 1.54) is 18.4 Å². The fourth-order valence-electron chi connectivity index (χ4n) is 2.59. The number of carbonyl (C=O) groups is 1. The van der Waals surface area contributed by atoms with Gasteiger partial charge in [-0.05, 0) is 37.7 Å². The van der Waals surface area contributed by atoms with Gasteiger partial charge < -0.3 is 10.8 Å². The van der Waals surface area contributed by atoms with Crippen molar-refractivity contribution in [3.63, 3.8) is 0 Å². The van der Waals surface area contributed by atoms with Crippen LogP contribution >= 0.6 is 0 Å². The molecule has 0 radical (unpaired) electrons. The molecule has 1 aromatic heterocycles. The van der Waals surface area contributed by atoms with E-state index in [1.807, 2.05) is 11.7 Å². The first kappa shape index (κ1) is 12.1. The predicted molar refractivity (Wildman–Crippen MR) is 63.6 cm³/mol. The van der Waals surface area contributed by atoms with E-state index in [1.54, 1.807) is 0 Å². The van der Waals surface area contributed by atoms with E-state index in [-0.39, 0.29) is 12.5 Å². The predicted octanol–water partition coefficient (Wildman–Crippen LogP) is 1.16. The van der Waals surface area contributed by atoms with Crippen LogP contribution in [0, 0.1) is 0 Å². The van der Waals surface area contributed by atoms with Crippen LogP contribution in [-0.4, -0.2) is 20.9 Å². The second-order valence-electron chi connectivity index (χ2n) is 4.68. The number of rotatable bonds is 4. The number of nitrogens with two attached hydrogens (primary N) is 1. The van der Waals surface area contributed by atoms with Gasteiger partial charge in [0.15, 0.2) is 0 Å². The first-order valence-corrected chi connectivity index (χ1v) is 6.11. The maximum Gasteiger partial charge on any atom is 0.303 e. The highest BCUT2D eigenvalue weighted by atomic mass is 16.4. The lowest BCUT2D eigenvalue weighted by molar-refractivity contribution is -0.137. The van der Waals surface area contributed by atoms with Crippen molar-refractivity contribution in [2.24, 2.45) is 12.8 Å². The average Bonchev–Trinajstić information content (AvgIpc) is 2.61. The lowest BCUT2D eigenvalue weighted by Gasteiger charge is -2.16. The molecule has 1 aliphatic rings. The molecule has 1 atom stereocenters. The standard InChI is InChI=1S/C12H19N3O2/c1-15-12(9(13)6-7-11(16)17)8-4-2-3-5-10(8)14-15/h9H,2-7,13H2,1H3,(H,16,17). The minimum absolute atomic E-state index is 0.112. The number of fused-ring (bicyclic) bond motifs is 1. The Morgan fingerprint density at radius 3 is 2.94 bits per heavy atom. The number of aliphatic carboxylic acids is 1. The number of hydrogen-bond acceptors (Lipinski definition) is 3. The van der Waals surface area contributed by atoms with Crippen molar-refractivity contribution in [2.45, 2.75) is 44.6 Å². The van der Waals surface area contributed by atoms with E-state index in [9.17, 15) is 4.79 Å². The number of aromatic nitrogens is 2. The number of carboxylic acids is 1. The molecule has 94 valence electrons. The SMILES string of the molecule is Cn1nc2c(c1C(N)CCC(=O)O)CCCC2. The minimum atomic E-state index is -0.795. The van der Waals surface area contributed by atoms with Crippen LogP contribution in [0.5, 0.6) is 0 Å². The maximum absolute atomic E-state index is 10.6. The van der Waals surface area contributed by atoms with Crippen LogP contribution in [0.1, 0.15) is 48.7 Å². The Bertz CT molecular complexity index is 426. The van der Waals surface area contributed by atoms with E-state index < -0.39 is 5.97 Å². The number of nitrogens with zero attached hydrogens (tertiary/aromatic N) is 2. The van der Waals surface area contributed by atoms with Crippen LogP contribution in [0.4, 0.5) is 0 Å². The molecule has 17 heavy (non-hydrogen) atoms. The molecule has 0 amide bonds. The topological polar surface area (TPSA) is 81.1 Å². The van der Waals surface area contributed by atoms with Gasteiger partial charge >= 0.3 is 5.97 Å². The highest BCUT2D eigenvalue weighted by molar-refractivity contribution is 5.66. The minimum Gasteiger partial charge on any atom is -0.481 e. The molecule has 0 aromatic carbocycles. The van der Waals surface area contributed by atoms with Gasteiger partial charge in [-0.25, -0.2) is 0 Å². The summed E-state index contributed by atoms with van der Waals surface area (Å²) in [5, 5.41) is 13.2. The third-order valence-electron chi connectivity index (χ3n) is 3.39. The zero-order valence-electron chi connectivity index (χ0n) is 10.1. The molecule has 1 aliphatic carbocycles. The van der Waals surface area contributed by atoms with Crippen molar-refractivity contribution in [3.05, 3.63) is 17.0 Å². The second kappa shape index (κ2) is 4.87. The summed E-state index contributed by atoms with van der Waals surface area (Å²) in [6.07, 6.45) is 5.00. The zero-order chi connectivity index (χ0) is 12.4. The number of carboxylic acid groups (broad SMARTS) is 1. The summed E-state index contributed by atoms with van der Waals surface area (Å²) in [5.74, 6) is -0.795. The molecule has 0 saturated carbocycles. The molecular weight excluding hydrogens is 218 g/mol. The zero-order valence-corrected chi connectivity index (χ0v) is 10.1. The first-order valence-electron chi connectivity index (χ1n) is 6.11.